The molecule has 7 heteroatoms. The van der Waals surface area contributed by atoms with Gasteiger partial charge in [0, 0.05) is 18.0 Å². The highest BCUT2D eigenvalue weighted by Crippen LogP contribution is 2.40. The van der Waals surface area contributed by atoms with Gasteiger partial charge in [0.05, 0.1) is 26.3 Å². The Hall–Kier alpha value is -2.70. The maximum absolute atomic E-state index is 13.8. The quantitative estimate of drug-likeness (QED) is 0.708. The number of nitrogens with one attached hydrogen (secondary N) is 1. The van der Waals surface area contributed by atoms with Gasteiger partial charge in [-0.05, 0) is 49.8 Å². The van der Waals surface area contributed by atoms with E-state index in [2.05, 4.69) is 19.2 Å². The molecule has 1 fully saturated rings. The lowest BCUT2D eigenvalue weighted by molar-refractivity contribution is -0.134. The Kier molecular flexibility index (Phi) is 6.34. The van der Waals surface area contributed by atoms with Crippen molar-refractivity contribution in [3.63, 3.8) is 0 Å². The number of methoxy groups -OCH3 is 2. The molecule has 1 aliphatic heterocycles. The Balaban J connectivity index is 1.78. The standard InChI is InChI=1S/C26H37N3O4/c1-7-13-29-24(30)20-14-18-21(32-5)11-12-22(33-6)23(18)28(20)15-26(29,4)25(31)27-19-10-8-9-16(2)17(19)3/h11-12,14,16-17,19H,7-10,13,15H2,1-6H3,(H,27,31)/t16-,17+,19+,26+/m0/s1. The first-order valence-electron chi connectivity index (χ1n) is 12.1. The average molecular weight is 456 g/mol. The van der Waals surface area contributed by atoms with Crippen LogP contribution in [0.4, 0.5) is 0 Å². The van der Waals surface area contributed by atoms with Crippen molar-refractivity contribution in [3.8, 4) is 11.5 Å². The summed E-state index contributed by atoms with van der Waals surface area (Å²) in [6.07, 6.45) is 4.08. The van der Waals surface area contributed by atoms with Crippen LogP contribution in [-0.4, -0.2) is 53.6 Å². The highest BCUT2D eigenvalue weighted by Gasteiger charge is 2.48. The van der Waals surface area contributed by atoms with Crippen LogP contribution in [0.3, 0.4) is 0 Å². The molecule has 4 atom stereocenters. The Labute approximate surface area is 196 Å². The van der Waals surface area contributed by atoms with Gasteiger partial charge in [-0.25, -0.2) is 0 Å². The van der Waals surface area contributed by atoms with Gasteiger partial charge in [-0.2, -0.15) is 0 Å². The maximum atomic E-state index is 13.8. The zero-order chi connectivity index (χ0) is 23.9. The van der Waals surface area contributed by atoms with Crippen molar-refractivity contribution in [2.45, 2.75) is 71.5 Å². The van der Waals surface area contributed by atoms with Crippen LogP contribution in [0.1, 0.15) is 63.9 Å². The number of hydrogen-bond acceptors (Lipinski definition) is 4. The topological polar surface area (TPSA) is 72.8 Å². The molecular weight excluding hydrogens is 418 g/mol. The molecule has 33 heavy (non-hydrogen) atoms. The summed E-state index contributed by atoms with van der Waals surface area (Å²) in [5.41, 5.74) is 0.349. The summed E-state index contributed by atoms with van der Waals surface area (Å²) in [6.45, 7) is 9.30. The molecule has 0 spiro atoms. The Bertz CT molecular complexity index is 1060. The summed E-state index contributed by atoms with van der Waals surface area (Å²) >= 11 is 0. The van der Waals surface area contributed by atoms with Crippen LogP contribution in [-0.2, 0) is 11.3 Å². The monoisotopic (exact) mass is 455 g/mol. The highest BCUT2D eigenvalue weighted by molar-refractivity contribution is 6.05. The maximum Gasteiger partial charge on any atom is 0.271 e. The normalized spacial score (nSPS) is 27.4. The number of carbonyl (C=O) groups excluding carboxylic acids is 2. The van der Waals surface area contributed by atoms with E-state index in [1.807, 2.05) is 36.6 Å². The smallest absolute Gasteiger partial charge is 0.271 e. The number of rotatable bonds is 6. The molecule has 1 aromatic heterocycles. The number of carbonyl (C=O) groups is 2. The molecule has 2 heterocycles. The third kappa shape index (κ3) is 3.75. The van der Waals surface area contributed by atoms with E-state index in [9.17, 15) is 9.59 Å². The lowest BCUT2D eigenvalue weighted by atomic mass is 9.77. The van der Waals surface area contributed by atoms with E-state index in [4.69, 9.17) is 9.47 Å². The van der Waals surface area contributed by atoms with Crippen molar-refractivity contribution in [1.82, 2.24) is 14.8 Å². The molecule has 180 valence electrons. The zero-order valence-corrected chi connectivity index (χ0v) is 20.7. The number of benzene rings is 1. The Morgan fingerprint density at radius 2 is 1.88 bits per heavy atom. The molecular formula is C26H37N3O4. The molecule has 2 aliphatic rings. The minimum absolute atomic E-state index is 0.0791. The molecule has 0 unspecified atom stereocenters. The van der Waals surface area contributed by atoms with Gasteiger partial charge in [-0.1, -0.05) is 33.6 Å². The van der Waals surface area contributed by atoms with Crippen molar-refractivity contribution in [2.75, 3.05) is 20.8 Å². The summed E-state index contributed by atoms with van der Waals surface area (Å²) in [5, 5.41) is 4.15. The lowest BCUT2D eigenvalue weighted by Gasteiger charge is -2.45. The first-order chi connectivity index (χ1) is 15.8. The van der Waals surface area contributed by atoms with Gasteiger partial charge in [0.1, 0.15) is 22.7 Å². The second-order valence-corrected chi connectivity index (χ2v) is 9.93. The van der Waals surface area contributed by atoms with Crippen LogP contribution < -0.4 is 14.8 Å². The predicted molar refractivity (Wildman–Crippen MR) is 129 cm³/mol. The van der Waals surface area contributed by atoms with Crippen molar-refractivity contribution in [2.24, 2.45) is 11.8 Å². The number of hydrogen-bond donors (Lipinski definition) is 1. The van der Waals surface area contributed by atoms with Gasteiger partial charge >= 0.3 is 0 Å². The van der Waals surface area contributed by atoms with Gasteiger partial charge in [0.25, 0.3) is 5.91 Å². The fourth-order valence-corrected chi connectivity index (χ4v) is 5.64. The van der Waals surface area contributed by atoms with Gasteiger partial charge in [0.15, 0.2) is 0 Å². The molecule has 1 aromatic carbocycles. The van der Waals surface area contributed by atoms with Gasteiger partial charge < -0.3 is 24.3 Å². The molecule has 1 saturated carbocycles. The predicted octanol–water partition coefficient (Wildman–Crippen LogP) is 4.22. The van der Waals surface area contributed by atoms with E-state index in [-0.39, 0.29) is 17.9 Å². The van der Waals surface area contributed by atoms with Crippen LogP contribution >= 0.6 is 0 Å². The number of fused-ring (bicyclic) bond motifs is 3. The van der Waals surface area contributed by atoms with Crippen LogP contribution in [0.5, 0.6) is 11.5 Å². The van der Waals surface area contributed by atoms with E-state index in [1.54, 1.807) is 19.1 Å². The van der Waals surface area contributed by atoms with Crippen LogP contribution in [0, 0.1) is 11.8 Å². The fourth-order valence-electron chi connectivity index (χ4n) is 5.64. The number of amides is 2. The van der Waals surface area contributed by atoms with Crippen LogP contribution in [0.2, 0.25) is 0 Å². The molecule has 0 radical (unpaired) electrons. The summed E-state index contributed by atoms with van der Waals surface area (Å²) in [4.78, 5) is 29.3. The van der Waals surface area contributed by atoms with E-state index < -0.39 is 5.54 Å². The third-order valence-electron chi connectivity index (χ3n) is 7.91. The summed E-state index contributed by atoms with van der Waals surface area (Å²) in [5.74, 6) is 2.12. The van der Waals surface area contributed by atoms with Crippen molar-refractivity contribution in [1.29, 1.82) is 0 Å². The molecule has 4 rings (SSSR count). The van der Waals surface area contributed by atoms with Crippen LogP contribution in [0.25, 0.3) is 10.9 Å². The molecule has 7 nitrogen and oxygen atoms in total. The summed E-state index contributed by atoms with van der Waals surface area (Å²) < 4.78 is 13.1. The second-order valence-electron chi connectivity index (χ2n) is 9.93. The molecule has 2 amide bonds. The number of ether oxygens (including phenoxy) is 2. The fraction of sp³-hybridized carbons (Fsp3) is 0.615. The molecule has 1 aliphatic carbocycles. The van der Waals surface area contributed by atoms with Crippen molar-refractivity contribution >= 4 is 22.7 Å². The summed E-state index contributed by atoms with van der Waals surface area (Å²) in [7, 11) is 3.24. The largest absolute Gasteiger partial charge is 0.496 e. The van der Waals surface area contributed by atoms with E-state index in [1.165, 1.54) is 6.42 Å². The van der Waals surface area contributed by atoms with E-state index in [0.29, 0.717) is 42.1 Å². The first-order valence-corrected chi connectivity index (χ1v) is 12.1. The Morgan fingerprint density at radius 1 is 1.18 bits per heavy atom. The van der Waals surface area contributed by atoms with Gasteiger partial charge in [-0.3, -0.25) is 9.59 Å². The van der Waals surface area contributed by atoms with Crippen LogP contribution in [0.15, 0.2) is 18.2 Å². The third-order valence-corrected chi connectivity index (χ3v) is 7.91. The van der Waals surface area contributed by atoms with E-state index >= 15 is 0 Å². The molecule has 0 bridgehead atoms. The van der Waals surface area contributed by atoms with Crippen molar-refractivity contribution in [3.05, 3.63) is 23.9 Å². The average Bonchev–Trinajstić information content (AvgIpc) is 3.18. The minimum atomic E-state index is -0.999. The lowest BCUT2D eigenvalue weighted by Crippen LogP contribution is -2.65. The molecule has 1 N–H and O–H groups in total. The van der Waals surface area contributed by atoms with E-state index in [0.717, 1.165) is 30.2 Å². The Morgan fingerprint density at radius 3 is 2.55 bits per heavy atom. The van der Waals surface area contributed by atoms with Gasteiger partial charge in [0.2, 0.25) is 5.91 Å². The SMILES string of the molecule is CCCN1C(=O)c2cc3c(OC)ccc(OC)c3n2C[C@]1(C)C(=O)N[C@@H]1CCC[C@H](C)[C@H]1C. The molecule has 2 aromatic rings. The van der Waals surface area contributed by atoms with Crippen molar-refractivity contribution < 1.29 is 19.1 Å². The number of aromatic nitrogens is 1. The number of nitrogens with zero attached hydrogens (tertiary/aromatic N) is 2. The second kappa shape index (κ2) is 8.92. The highest BCUT2D eigenvalue weighted by atomic mass is 16.5. The summed E-state index contributed by atoms with van der Waals surface area (Å²) in [6, 6.07) is 5.69. The minimum Gasteiger partial charge on any atom is -0.496 e. The first kappa shape index (κ1) is 23.5. The van der Waals surface area contributed by atoms with Gasteiger partial charge in [-0.15, -0.1) is 0 Å². The molecule has 0 saturated heterocycles. The zero-order valence-electron chi connectivity index (χ0n) is 20.7.